The SMILES string of the molecule is Cc1ccc(/C=C/C(=O)CCc2ccc(C)cc2)cc1. The molecule has 0 radical (unpaired) electrons. The molecule has 20 heavy (non-hydrogen) atoms. The smallest absolute Gasteiger partial charge is 0.156 e. The summed E-state index contributed by atoms with van der Waals surface area (Å²) >= 11 is 0. The molecule has 0 saturated carbocycles. The molecule has 0 N–H and O–H groups in total. The molecule has 2 aromatic carbocycles. The van der Waals surface area contributed by atoms with E-state index >= 15 is 0 Å². The summed E-state index contributed by atoms with van der Waals surface area (Å²) in [5.74, 6) is 0.172. The van der Waals surface area contributed by atoms with E-state index in [9.17, 15) is 4.79 Å². The van der Waals surface area contributed by atoms with Crippen molar-refractivity contribution in [1.82, 2.24) is 0 Å². The topological polar surface area (TPSA) is 17.1 Å². The maximum absolute atomic E-state index is 11.8. The quantitative estimate of drug-likeness (QED) is 0.726. The fraction of sp³-hybridized carbons (Fsp3) is 0.211. The fourth-order valence-electron chi connectivity index (χ4n) is 1.97. The zero-order valence-corrected chi connectivity index (χ0v) is 12.1. The van der Waals surface area contributed by atoms with Crippen LogP contribution in [-0.4, -0.2) is 5.78 Å². The van der Waals surface area contributed by atoms with Crippen LogP contribution in [0.1, 0.15) is 28.7 Å². The fourth-order valence-corrected chi connectivity index (χ4v) is 1.97. The summed E-state index contributed by atoms with van der Waals surface area (Å²) in [6.45, 7) is 4.12. The van der Waals surface area contributed by atoms with Crippen LogP contribution in [0.4, 0.5) is 0 Å². The normalized spacial score (nSPS) is 10.9. The summed E-state index contributed by atoms with van der Waals surface area (Å²) in [5, 5.41) is 0. The average Bonchev–Trinajstić information content (AvgIpc) is 2.46. The monoisotopic (exact) mass is 264 g/mol. The first kappa shape index (κ1) is 14.3. The average molecular weight is 264 g/mol. The van der Waals surface area contributed by atoms with Gasteiger partial charge in [-0.1, -0.05) is 65.7 Å². The molecule has 0 aromatic heterocycles. The highest BCUT2D eigenvalue weighted by atomic mass is 16.1. The molecular weight excluding hydrogens is 244 g/mol. The molecule has 2 aromatic rings. The van der Waals surface area contributed by atoms with E-state index in [0.717, 1.165) is 12.0 Å². The van der Waals surface area contributed by atoms with Crippen LogP contribution in [0, 0.1) is 13.8 Å². The van der Waals surface area contributed by atoms with E-state index < -0.39 is 0 Å². The Labute approximate surface area is 121 Å². The molecule has 102 valence electrons. The Morgan fingerprint density at radius 2 is 1.45 bits per heavy atom. The van der Waals surface area contributed by atoms with Crippen LogP contribution in [0.3, 0.4) is 0 Å². The molecule has 0 heterocycles. The van der Waals surface area contributed by atoms with E-state index in [2.05, 4.69) is 50.2 Å². The summed E-state index contributed by atoms with van der Waals surface area (Å²) in [5.41, 5.74) is 4.76. The van der Waals surface area contributed by atoms with Gasteiger partial charge in [-0.2, -0.15) is 0 Å². The van der Waals surface area contributed by atoms with E-state index in [1.54, 1.807) is 6.08 Å². The molecule has 2 rings (SSSR count). The van der Waals surface area contributed by atoms with Crippen LogP contribution in [0.25, 0.3) is 6.08 Å². The van der Waals surface area contributed by atoms with E-state index in [1.807, 2.05) is 18.2 Å². The van der Waals surface area contributed by atoms with Gasteiger partial charge < -0.3 is 0 Å². The second-order valence-electron chi connectivity index (χ2n) is 5.20. The molecule has 0 atom stereocenters. The number of hydrogen-bond acceptors (Lipinski definition) is 1. The third-order valence-corrected chi connectivity index (χ3v) is 3.32. The van der Waals surface area contributed by atoms with Crippen molar-refractivity contribution in [2.24, 2.45) is 0 Å². The molecule has 0 amide bonds. The third-order valence-electron chi connectivity index (χ3n) is 3.32. The van der Waals surface area contributed by atoms with Crippen molar-refractivity contribution >= 4 is 11.9 Å². The van der Waals surface area contributed by atoms with Crippen molar-refractivity contribution in [1.29, 1.82) is 0 Å². The first-order valence-corrected chi connectivity index (χ1v) is 6.96. The predicted molar refractivity (Wildman–Crippen MR) is 84.7 cm³/mol. The Hall–Kier alpha value is -2.15. The Kier molecular flexibility index (Phi) is 4.89. The van der Waals surface area contributed by atoms with Crippen LogP contribution >= 0.6 is 0 Å². The number of ketones is 1. The Balaban J connectivity index is 1.86. The molecule has 0 fully saturated rings. The molecule has 0 spiro atoms. The number of rotatable bonds is 5. The largest absolute Gasteiger partial charge is 0.295 e. The number of carbonyl (C=O) groups is 1. The summed E-state index contributed by atoms with van der Waals surface area (Å²) in [4.78, 5) is 11.8. The van der Waals surface area contributed by atoms with Crippen molar-refractivity contribution in [3.63, 3.8) is 0 Å². The third kappa shape index (κ3) is 4.51. The Bertz CT molecular complexity index is 589. The molecular formula is C19H20O. The van der Waals surface area contributed by atoms with E-state index in [0.29, 0.717) is 6.42 Å². The van der Waals surface area contributed by atoms with E-state index in [1.165, 1.54) is 16.7 Å². The molecule has 0 aliphatic heterocycles. The van der Waals surface area contributed by atoms with E-state index in [4.69, 9.17) is 0 Å². The van der Waals surface area contributed by atoms with Crippen molar-refractivity contribution < 1.29 is 4.79 Å². The summed E-state index contributed by atoms with van der Waals surface area (Å²) < 4.78 is 0. The van der Waals surface area contributed by atoms with Crippen molar-refractivity contribution in [2.45, 2.75) is 26.7 Å². The van der Waals surface area contributed by atoms with Gasteiger partial charge in [0.25, 0.3) is 0 Å². The lowest BCUT2D eigenvalue weighted by Crippen LogP contribution is -1.96. The summed E-state index contributed by atoms with van der Waals surface area (Å²) in [7, 11) is 0. The number of benzene rings is 2. The number of allylic oxidation sites excluding steroid dienone is 1. The molecule has 0 saturated heterocycles. The molecule has 1 heteroatoms. The minimum Gasteiger partial charge on any atom is -0.295 e. The first-order valence-electron chi connectivity index (χ1n) is 6.96. The summed E-state index contributed by atoms with van der Waals surface area (Å²) in [6.07, 6.45) is 4.93. The standard InChI is InChI=1S/C19H20O/c1-15-3-7-17(8-4-15)11-13-19(20)14-12-18-9-5-16(2)6-10-18/h3-11,13H,12,14H2,1-2H3/b13-11+. The van der Waals surface area contributed by atoms with Gasteiger partial charge in [0.05, 0.1) is 0 Å². The number of carbonyl (C=O) groups excluding carboxylic acids is 1. The van der Waals surface area contributed by atoms with Crippen molar-refractivity contribution in [3.8, 4) is 0 Å². The lowest BCUT2D eigenvalue weighted by Gasteiger charge is -2.00. The zero-order valence-electron chi connectivity index (χ0n) is 12.1. The number of hydrogen-bond donors (Lipinski definition) is 0. The Morgan fingerprint density at radius 1 is 0.900 bits per heavy atom. The maximum Gasteiger partial charge on any atom is 0.156 e. The van der Waals surface area contributed by atoms with Crippen LogP contribution in [-0.2, 0) is 11.2 Å². The minimum absolute atomic E-state index is 0.172. The molecule has 0 aliphatic carbocycles. The van der Waals surface area contributed by atoms with Crippen molar-refractivity contribution in [2.75, 3.05) is 0 Å². The van der Waals surface area contributed by atoms with Gasteiger partial charge in [-0.3, -0.25) is 4.79 Å². The zero-order chi connectivity index (χ0) is 14.4. The second-order valence-corrected chi connectivity index (χ2v) is 5.20. The lowest BCUT2D eigenvalue weighted by molar-refractivity contribution is -0.114. The van der Waals surface area contributed by atoms with Gasteiger partial charge in [-0.05, 0) is 37.5 Å². The van der Waals surface area contributed by atoms with Crippen LogP contribution in [0.2, 0.25) is 0 Å². The van der Waals surface area contributed by atoms with Gasteiger partial charge in [0.2, 0.25) is 0 Å². The van der Waals surface area contributed by atoms with E-state index in [-0.39, 0.29) is 5.78 Å². The second kappa shape index (κ2) is 6.85. The van der Waals surface area contributed by atoms with Gasteiger partial charge in [0.1, 0.15) is 0 Å². The van der Waals surface area contributed by atoms with Crippen LogP contribution in [0.5, 0.6) is 0 Å². The van der Waals surface area contributed by atoms with Crippen molar-refractivity contribution in [3.05, 3.63) is 76.9 Å². The molecule has 0 bridgehead atoms. The van der Waals surface area contributed by atoms with Gasteiger partial charge in [0, 0.05) is 6.42 Å². The molecule has 0 unspecified atom stereocenters. The predicted octanol–water partition coefficient (Wildman–Crippen LogP) is 4.52. The molecule has 1 nitrogen and oxygen atoms in total. The highest BCUT2D eigenvalue weighted by Crippen LogP contribution is 2.08. The van der Waals surface area contributed by atoms with Crippen LogP contribution < -0.4 is 0 Å². The summed E-state index contributed by atoms with van der Waals surface area (Å²) in [6, 6.07) is 16.5. The molecule has 0 aliphatic rings. The van der Waals surface area contributed by atoms with Gasteiger partial charge >= 0.3 is 0 Å². The van der Waals surface area contributed by atoms with Crippen LogP contribution in [0.15, 0.2) is 54.6 Å². The Morgan fingerprint density at radius 3 is 2.05 bits per heavy atom. The van der Waals surface area contributed by atoms with Gasteiger partial charge in [0.15, 0.2) is 5.78 Å². The first-order chi connectivity index (χ1) is 9.63. The maximum atomic E-state index is 11.8. The highest BCUT2D eigenvalue weighted by molar-refractivity contribution is 5.93. The van der Waals surface area contributed by atoms with Gasteiger partial charge in [-0.25, -0.2) is 0 Å². The lowest BCUT2D eigenvalue weighted by atomic mass is 10.1. The minimum atomic E-state index is 0.172. The number of aryl methyl sites for hydroxylation is 3. The van der Waals surface area contributed by atoms with Gasteiger partial charge in [-0.15, -0.1) is 0 Å². The highest BCUT2D eigenvalue weighted by Gasteiger charge is 1.99.